The average Bonchev–Trinajstić information content (AvgIpc) is 3.40. The molecule has 4 rings (SSSR count). The fraction of sp³-hybridized carbons (Fsp3) is 0.409. The van der Waals surface area contributed by atoms with Crippen LogP contribution in [0.5, 0.6) is 0 Å². The summed E-state index contributed by atoms with van der Waals surface area (Å²) in [7, 11) is 0. The third kappa shape index (κ3) is 5.06. The second kappa shape index (κ2) is 9.68. The molecule has 6 nitrogen and oxygen atoms in total. The van der Waals surface area contributed by atoms with Crippen molar-refractivity contribution >= 4 is 50.5 Å². The van der Waals surface area contributed by atoms with Gasteiger partial charge in [0, 0.05) is 49.8 Å². The van der Waals surface area contributed by atoms with Crippen molar-refractivity contribution in [2.45, 2.75) is 26.3 Å². The highest BCUT2D eigenvalue weighted by atomic mass is 32.1. The van der Waals surface area contributed by atoms with Gasteiger partial charge in [-0.2, -0.15) is 4.37 Å². The predicted octanol–water partition coefficient (Wildman–Crippen LogP) is 3.78. The van der Waals surface area contributed by atoms with Gasteiger partial charge in [0.2, 0.25) is 5.91 Å². The summed E-state index contributed by atoms with van der Waals surface area (Å²) in [5.41, 5.74) is 0. The molecule has 3 heterocycles. The molecule has 30 heavy (non-hydrogen) atoms. The second-order valence-corrected chi connectivity index (χ2v) is 9.51. The molecule has 1 amide bonds. The summed E-state index contributed by atoms with van der Waals surface area (Å²) >= 11 is 3.05. The van der Waals surface area contributed by atoms with E-state index < -0.39 is 0 Å². The van der Waals surface area contributed by atoms with Gasteiger partial charge in [0.15, 0.2) is 5.78 Å². The summed E-state index contributed by atoms with van der Waals surface area (Å²) < 4.78 is 5.91. The molecule has 0 spiro atoms. The monoisotopic (exact) mass is 442 g/mol. The van der Waals surface area contributed by atoms with Crippen molar-refractivity contribution in [1.29, 1.82) is 0 Å². The van der Waals surface area contributed by atoms with Crippen molar-refractivity contribution < 1.29 is 9.59 Å². The molecule has 0 aliphatic carbocycles. The number of Topliss-reactive ketones (excluding diaryl/α,β-unsaturated/α-hetero) is 1. The number of carbonyl (C=O) groups is 2. The zero-order valence-corrected chi connectivity index (χ0v) is 18.7. The van der Waals surface area contributed by atoms with E-state index in [-0.39, 0.29) is 11.7 Å². The quantitative estimate of drug-likeness (QED) is 0.538. The first kappa shape index (κ1) is 21.0. The Balaban J connectivity index is 1.20. The predicted molar refractivity (Wildman–Crippen MR) is 124 cm³/mol. The molecule has 1 aromatic carbocycles. The van der Waals surface area contributed by atoms with E-state index >= 15 is 0 Å². The molecule has 1 saturated heterocycles. The van der Waals surface area contributed by atoms with Crippen molar-refractivity contribution in [3.05, 3.63) is 46.2 Å². The Morgan fingerprint density at radius 3 is 2.70 bits per heavy atom. The van der Waals surface area contributed by atoms with E-state index in [0.717, 1.165) is 54.7 Å². The number of nitrogens with one attached hydrogen (secondary N) is 1. The van der Waals surface area contributed by atoms with Gasteiger partial charge in [0.05, 0.1) is 16.1 Å². The Morgan fingerprint density at radius 1 is 1.10 bits per heavy atom. The number of aromatic nitrogens is 1. The highest BCUT2D eigenvalue weighted by Gasteiger charge is 2.20. The summed E-state index contributed by atoms with van der Waals surface area (Å²) in [5.74, 6) is 1.25. The van der Waals surface area contributed by atoms with Crippen LogP contribution in [-0.2, 0) is 11.3 Å². The van der Waals surface area contributed by atoms with Gasteiger partial charge in [-0.15, -0.1) is 11.3 Å². The maximum absolute atomic E-state index is 12.5. The number of fused-ring (bicyclic) bond motifs is 1. The standard InChI is InChI=1S/C22H26N4O2S2/c1-16(27)23-15-17-8-9-21(29-17)19(28)6-4-10-25-11-13-26(14-12-25)22-18-5-2-3-7-20(18)30-24-22/h2-3,5,7-9H,4,6,10-15H2,1H3,(H,23,27). The number of carbonyl (C=O) groups excluding carboxylic acids is 2. The summed E-state index contributed by atoms with van der Waals surface area (Å²) in [4.78, 5) is 30.1. The molecule has 1 aliphatic heterocycles. The maximum Gasteiger partial charge on any atom is 0.217 e. The molecule has 1 N–H and O–H groups in total. The van der Waals surface area contributed by atoms with Crippen molar-refractivity contribution in [2.75, 3.05) is 37.6 Å². The first-order valence-electron chi connectivity index (χ1n) is 10.3. The topological polar surface area (TPSA) is 65.5 Å². The molecule has 158 valence electrons. The first-order valence-corrected chi connectivity index (χ1v) is 11.9. The van der Waals surface area contributed by atoms with Gasteiger partial charge in [0.25, 0.3) is 0 Å². The molecule has 0 radical (unpaired) electrons. The van der Waals surface area contributed by atoms with Gasteiger partial charge in [-0.05, 0) is 48.8 Å². The van der Waals surface area contributed by atoms with Gasteiger partial charge in [-0.25, -0.2) is 0 Å². The van der Waals surface area contributed by atoms with Crippen LogP contribution in [0, 0.1) is 0 Å². The minimum atomic E-state index is -0.0562. The van der Waals surface area contributed by atoms with E-state index in [1.165, 1.54) is 28.3 Å². The number of anilines is 1. The van der Waals surface area contributed by atoms with E-state index in [1.807, 2.05) is 12.1 Å². The molecule has 0 saturated carbocycles. The van der Waals surface area contributed by atoms with Crippen LogP contribution < -0.4 is 10.2 Å². The Bertz CT molecular complexity index is 1020. The van der Waals surface area contributed by atoms with Crippen LogP contribution in [0.15, 0.2) is 36.4 Å². The molecule has 1 aliphatic rings. The minimum Gasteiger partial charge on any atom is -0.353 e. The highest BCUT2D eigenvalue weighted by Crippen LogP contribution is 2.29. The lowest BCUT2D eigenvalue weighted by Gasteiger charge is -2.35. The lowest BCUT2D eigenvalue weighted by Crippen LogP contribution is -2.46. The highest BCUT2D eigenvalue weighted by molar-refractivity contribution is 7.14. The van der Waals surface area contributed by atoms with Gasteiger partial charge < -0.3 is 10.2 Å². The van der Waals surface area contributed by atoms with Crippen LogP contribution in [-0.4, -0.2) is 53.7 Å². The van der Waals surface area contributed by atoms with Crippen LogP contribution in [0.4, 0.5) is 5.82 Å². The fourth-order valence-electron chi connectivity index (χ4n) is 3.70. The van der Waals surface area contributed by atoms with Crippen molar-refractivity contribution in [3.8, 4) is 0 Å². The van der Waals surface area contributed by atoms with Gasteiger partial charge >= 0.3 is 0 Å². The Labute approximate surface area is 184 Å². The number of benzene rings is 1. The summed E-state index contributed by atoms with van der Waals surface area (Å²) in [6, 6.07) is 12.2. The Kier molecular flexibility index (Phi) is 6.76. The van der Waals surface area contributed by atoms with E-state index in [1.54, 1.807) is 11.5 Å². The number of ketones is 1. The number of hydrogen-bond donors (Lipinski definition) is 1. The Hall–Kier alpha value is -2.29. The molecule has 0 bridgehead atoms. The number of rotatable bonds is 8. The zero-order valence-electron chi connectivity index (χ0n) is 17.1. The molecule has 2 aromatic heterocycles. The third-order valence-corrected chi connectivity index (χ3v) is 7.30. The van der Waals surface area contributed by atoms with Gasteiger partial charge in [-0.1, -0.05) is 12.1 Å². The van der Waals surface area contributed by atoms with Gasteiger partial charge in [0.1, 0.15) is 5.82 Å². The SMILES string of the molecule is CC(=O)NCc1ccc(C(=O)CCCN2CCN(c3nsc4ccccc34)CC2)s1. The first-order chi connectivity index (χ1) is 14.6. The van der Waals surface area contributed by atoms with E-state index in [2.05, 4.69) is 43.8 Å². The van der Waals surface area contributed by atoms with Crippen molar-refractivity contribution in [2.24, 2.45) is 0 Å². The van der Waals surface area contributed by atoms with Crippen LogP contribution >= 0.6 is 22.9 Å². The maximum atomic E-state index is 12.5. The smallest absolute Gasteiger partial charge is 0.217 e. The van der Waals surface area contributed by atoms with Crippen LogP contribution in [0.25, 0.3) is 10.1 Å². The third-order valence-electron chi connectivity index (χ3n) is 5.36. The Morgan fingerprint density at radius 2 is 1.90 bits per heavy atom. The van der Waals surface area contributed by atoms with Crippen LogP contribution in [0.1, 0.15) is 34.3 Å². The zero-order chi connectivity index (χ0) is 20.9. The molecule has 3 aromatic rings. The fourth-order valence-corrected chi connectivity index (χ4v) is 5.42. The normalized spacial score (nSPS) is 14.9. The molecular weight excluding hydrogens is 416 g/mol. The van der Waals surface area contributed by atoms with Gasteiger partial charge in [-0.3, -0.25) is 14.5 Å². The number of amides is 1. The molecule has 0 unspecified atom stereocenters. The summed E-state index contributed by atoms with van der Waals surface area (Å²) in [6.45, 7) is 6.88. The summed E-state index contributed by atoms with van der Waals surface area (Å²) in [6.07, 6.45) is 1.44. The molecular formula is C22H26N4O2S2. The molecule has 1 fully saturated rings. The number of hydrogen-bond acceptors (Lipinski definition) is 7. The lowest BCUT2D eigenvalue weighted by molar-refractivity contribution is -0.119. The number of nitrogens with zero attached hydrogens (tertiary/aromatic N) is 3. The minimum absolute atomic E-state index is 0.0562. The summed E-state index contributed by atoms with van der Waals surface area (Å²) in [5, 5.41) is 4.02. The number of piperazine rings is 1. The average molecular weight is 443 g/mol. The lowest BCUT2D eigenvalue weighted by atomic mass is 10.1. The van der Waals surface area contributed by atoms with E-state index in [4.69, 9.17) is 0 Å². The van der Waals surface area contributed by atoms with Crippen molar-refractivity contribution in [3.63, 3.8) is 0 Å². The number of thiophene rings is 1. The van der Waals surface area contributed by atoms with E-state index in [9.17, 15) is 9.59 Å². The largest absolute Gasteiger partial charge is 0.353 e. The van der Waals surface area contributed by atoms with Crippen LogP contribution in [0.2, 0.25) is 0 Å². The van der Waals surface area contributed by atoms with Crippen molar-refractivity contribution in [1.82, 2.24) is 14.6 Å². The van der Waals surface area contributed by atoms with E-state index in [0.29, 0.717) is 13.0 Å². The molecule has 8 heteroatoms. The molecule has 0 atom stereocenters. The second-order valence-electron chi connectivity index (χ2n) is 7.53. The van der Waals surface area contributed by atoms with Crippen LogP contribution in [0.3, 0.4) is 0 Å².